The Morgan fingerprint density at radius 1 is 0.642 bits per heavy atom. The van der Waals surface area contributed by atoms with Gasteiger partial charge in [0.1, 0.15) is 36.9 Å². The third kappa shape index (κ3) is 10.8. The molecule has 11 nitrogen and oxygen atoms in total. The topological polar surface area (TPSA) is 149 Å². The molecule has 0 radical (unpaired) electrons. The maximum atomic E-state index is 13.9. The number of hydrogen-bond acceptors (Lipinski definition) is 8. The molecule has 11 heteroatoms. The maximum absolute atomic E-state index is 13.9. The Balaban J connectivity index is 1.31. The Bertz CT molecular complexity index is 1860. The molecule has 4 aromatic rings. The van der Waals surface area contributed by atoms with E-state index in [0.29, 0.717) is 0 Å². The maximum Gasteiger partial charge on any atom is 0.407 e. The van der Waals surface area contributed by atoms with Crippen LogP contribution in [-0.2, 0) is 46.4 Å². The van der Waals surface area contributed by atoms with Crippen molar-refractivity contribution >= 4 is 29.8 Å². The zero-order valence-electron chi connectivity index (χ0n) is 30.3. The quantitative estimate of drug-likeness (QED) is 0.113. The lowest BCUT2D eigenvalue weighted by atomic mass is 9.98. The number of carbonyl (C=O) groups is 5. The standard InChI is InChI=1S/C42H45N3O8/c1-27(40(49)53-42(2,3)4)43-38(47)35(23-28-15-7-5-8-16-28)44-39(48)36(24-37(46)51-25-29-17-9-6-10-18-29)45-41(50)52-26-34-32-21-13-11-19-30(32)31-20-12-14-22-33(31)34/h5-22,27,34-36H,23-26H2,1-4H3,(H,43,47)(H,44,48)(H,45,50)/t27-,35-,36-/m0/s1. The number of fused-ring (bicyclic) bond motifs is 3. The molecular weight excluding hydrogens is 674 g/mol. The molecule has 5 rings (SSSR count). The van der Waals surface area contributed by atoms with Gasteiger partial charge in [0.2, 0.25) is 11.8 Å². The molecule has 3 N–H and O–H groups in total. The van der Waals surface area contributed by atoms with Crippen LogP contribution in [0, 0.1) is 0 Å². The summed E-state index contributed by atoms with van der Waals surface area (Å²) in [6.45, 7) is 6.57. The van der Waals surface area contributed by atoms with Gasteiger partial charge in [-0.3, -0.25) is 14.4 Å². The number of ether oxygens (including phenoxy) is 3. The van der Waals surface area contributed by atoms with E-state index in [-0.39, 0.29) is 25.6 Å². The number of rotatable bonds is 14. The summed E-state index contributed by atoms with van der Waals surface area (Å²) < 4.78 is 16.5. The van der Waals surface area contributed by atoms with Gasteiger partial charge in [-0.25, -0.2) is 9.59 Å². The van der Waals surface area contributed by atoms with Crippen molar-refractivity contribution in [1.29, 1.82) is 0 Å². The van der Waals surface area contributed by atoms with E-state index < -0.39 is 60.0 Å². The molecule has 0 heterocycles. The van der Waals surface area contributed by atoms with E-state index in [4.69, 9.17) is 14.2 Å². The molecule has 0 spiro atoms. The lowest BCUT2D eigenvalue weighted by Gasteiger charge is -2.26. The van der Waals surface area contributed by atoms with Gasteiger partial charge in [0.05, 0.1) is 6.42 Å². The largest absolute Gasteiger partial charge is 0.461 e. The predicted octanol–water partition coefficient (Wildman–Crippen LogP) is 5.60. The van der Waals surface area contributed by atoms with Crippen molar-refractivity contribution in [1.82, 2.24) is 16.0 Å². The summed E-state index contributed by atoms with van der Waals surface area (Å²) in [5.74, 6) is -3.12. The predicted molar refractivity (Wildman–Crippen MR) is 198 cm³/mol. The van der Waals surface area contributed by atoms with Crippen LogP contribution in [0.5, 0.6) is 0 Å². The summed E-state index contributed by atoms with van der Waals surface area (Å²) in [7, 11) is 0. The molecule has 0 aliphatic heterocycles. The second-order valence-electron chi connectivity index (χ2n) is 13.9. The first kappa shape index (κ1) is 38.3. The molecule has 1 aliphatic rings. The summed E-state index contributed by atoms with van der Waals surface area (Å²) in [6, 6.07) is 30.1. The van der Waals surface area contributed by atoms with Crippen LogP contribution < -0.4 is 16.0 Å². The lowest BCUT2D eigenvalue weighted by molar-refractivity contribution is -0.158. The Morgan fingerprint density at radius 3 is 1.75 bits per heavy atom. The molecule has 276 valence electrons. The van der Waals surface area contributed by atoms with E-state index in [0.717, 1.165) is 33.4 Å². The number of benzene rings is 4. The highest BCUT2D eigenvalue weighted by Crippen LogP contribution is 2.44. The second-order valence-corrected chi connectivity index (χ2v) is 13.9. The van der Waals surface area contributed by atoms with Crippen LogP contribution in [0.25, 0.3) is 11.1 Å². The van der Waals surface area contributed by atoms with Gasteiger partial charge in [-0.05, 0) is 61.1 Å². The Hall–Kier alpha value is -5.97. The van der Waals surface area contributed by atoms with Gasteiger partial charge in [0.25, 0.3) is 0 Å². The Morgan fingerprint density at radius 2 is 1.17 bits per heavy atom. The van der Waals surface area contributed by atoms with Crippen LogP contribution in [0.2, 0.25) is 0 Å². The van der Waals surface area contributed by atoms with E-state index in [9.17, 15) is 24.0 Å². The zero-order chi connectivity index (χ0) is 38.0. The van der Waals surface area contributed by atoms with Gasteiger partial charge >= 0.3 is 18.0 Å². The fourth-order valence-electron chi connectivity index (χ4n) is 6.05. The van der Waals surface area contributed by atoms with Gasteiger partial charge in [-0.1, -0.05) is 109 Å². The summed E-state index contributed by atoms with van der Waals surface area (Å²) in [4.78, 5) is 66.6. The van der Waals surface area contributed by atoms with Crippen LogP contribution in [0.4, 0.5) is 4.79 Å². The summed E-state index contributed by atoms with van der Waals surface area (Å²) >= 11 is 0. The molecule has 0 saturated carbocycles. The highest BCUT2D eigenvalue weighted by molar-refractivity contribution is 5.94. The molecular formula is C42H45N3O8. The van der Waals surface area contributed by atoms with E-state index in [1.165, 1.54) is 6.92 Å². The van der Waals surface area contributed by atoms with Crippen LogP contribution in [0.3, 0.4) is 0 Å². The minimum Gasteiger partial charge on any atom is -0.461 e. The molecule has 53 heavy (non-hydrogen) atoms. The average molecular weight is 720 g/mol. The fourth-order valence-corrected chi connectivity index (χ4v) is 6.05. The van der Waals surface area contributed by atoms with Crippen molar-refractivity contribution < 1.29 is 38.2 Å². The zero-order valence-corrected chi connectivity index (χ0v) is 30.3. The van der Waals surface area contributed by atoms with Gasteiger partial charge < -0.3 is 30.2 Å². The number of alkyl carbamates (subject to hydrolysis) is 1. The molecule has 0 saturated heterocycles. The number of esters is 2. The highest BCUT2D eigenvalue weighted by atomic mass is 16.6. The minimum absolute atomic E-state index is 0.0196. The number of nitrogens with one attached hydrogen (secondary N) is 3. The molecule has 0 bridgehead atoms. The summed E-state index contributed by atoms with van der Waals surface area (Å²) in [5.41, 5.74) is 4.82. The smallest absolute Gasteiger partial charge is 0.407 e. The monoisotopic (exact) mass is 719 g/mol. The van der Waals surface area contributed by atoms with E-state index in [2.05, 4.69) is 16.0 Å². The molecule has 3 atom stereocenters. The molecule has 0 unspecified atom stereocenters. The summed E-state index contributed by atoms with van der Waals surface area (Å²) in [5, 5.41) is 7.84. The Kier molecular flexibility index (Phi) is 12.6. The van der Waals surface area contributed by atoms with Crippen molar-refractivity contribution in [2.24, 2.45) is 0 Å². The first-order valence-electron chi connectivity index (χ1n) is 17.6. The van der Waals surface area contributed by atoms with Crippen LogP contribution in [0.1, 0.15) is 62.3 Å². The first-order valence-corrected chi connectivity index (χ1v) is 17.6. The fraction of sp³-hybridized carbons (Fsp3) is 0.310. The third-order valence-corrected chi connectivity index (χ3v) is 8.60. The van der Waals surface area contributed by atoms with Crippen LogP contribution in [-0.4, -0.2) is 60.2 Å². The van der Waals surface area contributed by atoms with Crippen molar-refractivity contribution in [3.05, 3.63) is 131 Å². The number of amides is 3. The Labute approximate surface area is 309 Å². The molecule has 4 aromatic carbocycles. The second kappa shape index (κ2) is 17.5. The number of hydrogen-bond donors (Lipinski definition) is 3. The van der Waals surface area contributed by atoms with Gasteiger partial charge in [-0.15, -0.1) is 0 Å². The van der Waals surface area contributed by atoms with Crippen molar-refractivity contribution in [3.8, 4) is 11.1 Å². The molecule has 1 aliphatic carbocycles. The van der Waals surface area contributed by atoms with Crippen molar-refractivity contribution in [2.45, 2.75) is 76.8 Å². The third-order valence-electron chi connectivity index (χ3n) is 8.60. The van der Waals surface area contributed by atoms with Gasteiger partial charge in [0, 0.05) is 12.3 Å². The van der Waals surface area contributed by atoms with Crippen LogP contribution >= 0.6 is 0 Å². The lowest BCUT2D eigenvalue weighted by Crippen LogP contribution is -2.56. The summed E-state index contributed by atoms with van der Waals surface area (Å²) in [6.07, 6.45) is -1.42. The SMILES string of the molecule is C[C@H](NC(=O)[C@H](Cc1ccccc1)NC(=O)[C@H](CC(=O)OCc1ccccc1)NC(=O)OCC1c2ccccc2-c2ccccc21)C(=O)OC(C)(C)C. The first-order chi connectivity index (χ1) is 25.4. The highest BCUT2D eigenvalue weighted by Gasteiger charge is 2.33. The number of carbonyl (C=O) groups excluding carboxylic acids is 5. The normalized spacial score (nSPS) is 13.7. The van der Waals surface area contributed by atoms with Crippen molar-refractivity contribution in [3.63, 3.8) is 0 Å². The molecule has 0 fully saturated rings. The average Bonchev–Trinajstić information content (AvgIpc) is 3.46. The van der Waals surface area contributed by atoms with E-state index in [1.807, 2.05) is 60.7 Å². The minimum atomic E-state index is -1.47. The van der Waals surface area contributed by atoms with Gasteiger partial charge in [0.15, 0.2) is 0 Å². The molecule has 3 amide bonds. The molecule has 0 aromatic heterocycles. The van der Waals surface area contributed by atoms with Crippen LogP contribution in [0.15, 0.2) is 109 Å². The van der Waals surface area contributed by atoms with E-state index >= 15 is 0 Å². The van der Waals surface area contributed by atoms with E-state index in [1.54, 1.807) is 69.3 Å². The van der Waals surface area contributed by atoms with Crippen molar-refractivity contribution in [2.75, 3.05) is 6.61 Å². The van der Waals surface area contributed by atoms with Gasteiger partial charge in [-0.2, -0.15) is 0 Å².